The highest BCUT2D eigenvalue weighted by atomic mass is 16.5. The van der Waals surface area contributed by atoms with Crippen LogP contribution in [0.2, 0.25) is 0 Å². The highest BCUT2D eigenvalue weighted by Crippen LogP contribution is 2.20. The van der Waals surface area contributed by atoms with Crippen LogP contribution < -0.4 is 0 Å². The van der Waals surface area contributed by atoms with E-state index in [1.165, 1.54) is 0 Å². The lowest BCUT2D eigenvalue weighted by molar-refractivity contribution is -0.146. The van der Waals surface area contributed by atoms with E-state index < -0.39 is 11.9 Å². The third-order valence-electron chi connectivity index (χ3n) is 5.61. The molecule has 35 heavy (non-hydrogen) atoms. The smallest absolute Gasteiger partial charge is 0.313 e. The van der Waals surface area contributed by atoms with Crippen molar-refractivity contribution in [3.05, 3.63) is 71.3 Å². The van der Waals surface area contributed by atoms with Gasteiger partial charge in [-0.25, -0.2) is 0 Å². The Morgan fingerprint density at radius 1 is 0.743 bits per heavy atom. The van der Waals surface area contributed by atoms with Crippen LogP contribution in [0.15, 0.2) is 54.6 Å². The van der Waals surface area contributed by atoms with Gasteiger partial charge in [0.2, 0.25) is 0 Å². The van der Waals surface area contributed by atoms with E-state index in [0.717, 1.165) is 18.4 Å². The summed E-state index contributed by atoms with van der Waals surface area (Å²) in [5.41, 5.74) is 1.85. The molecule has 0 aliphatic carbocycles. The number of carboxylic acid groups (broad SMARTS) is 1. The lowest BCUT2D eigenvalue weighted by Crippen LogP contribution is -2.14. The molecule has 1 N–H and O–H groups in total. The van der Waals surface area contributed by atoms with Crippen LogP contribution in [0.4, 0.5) is 0 Å². The lowest BCUT2D eigenvalue weighted by Gasteiger charge is -2.13. The van der Waals surface area contributed by atoms with Crippen molar-refractivity contribution in [1.82, 2.24) is 0 Å². The minimum atomic E-state index is -0.813. The van der Waals surface area contributed by atoms with E-state index in [1.807, 2.05) is 24.3 Å². The van der Waals surface area contributed by atoms with Crippen LogP contribution in [-0.4, -0.2) is 42.0 Å². The van der Waals surface area contributed by atoms with Gasteiger partial charge in [-0.3, -0.25) is 19.2 Å². The standard InChI is InChI=1S/C28H34O7/c1-21(23-14-11-15-24(20-23)27(32)22-12-5-2-6-13-22)28(33)35-19-10-4-8-17-26(31)34-18-9-3-7-16-25(29)30/h2,5-6,11-15,20-21H,3-4,7-10,16-19H2,1H3,(H,29,30)/t21-/m0/s1. The number of carboxylic acids is 1. The van der Waals surface area contributed by atoms with Crippen molar-refractivity contribution in [2.75, 3.05) is 13.2 Å². The van der Waals surface area contributed by atoms with Gasteiger partial charge in [-0.15, -0.1) is 0 Å². The normalized spacial score (nSPS) is 11.5. The van der Waals surface area contributed by atoms with Crippen molar-refractivity contribution in [2.24, 2.45) is 0 Å². The molecule has 0 aliphatic rings. The predicted molar refractivity (Wildman–Crippen MR) is 131 cm³/mol. The topological polar surface area (TPSA) is 107 Å². The van der Waals surface area contributed by atoms with Crippen LogP contribution in [0.1, 0.15) is 85.7 Å². The Bertz CT molecular complexity index is 968. The minimum absolute atomic E-state index is 0.0928. The van der Waals surface area contributed by atoms with Crippen molar-refractivity contribution < 1.29 is 33.8 Å². The molecule has 0 radical (unpaired) electrons. The molecule has 0 heterocycles. The molecule has 7 nitrogen and oxygen atoms in total. The van der Waals surface area contributed by atoms with Crippen LogP contribution in [0.25, 0.3) is 0 Å². The van der Waals surface area contributed by atoms with Gasteiger partial charge in [-0.1, -0.05) is 48.5 Å². The Labute approximate surface area is 206 Å². The first-order valence-electron chi connectivity index (χ1n) is 12.1. The Kier molecular flexibility index (Phi) is 12.2. The first kappa shape index (κ1) is 27.8. The molecular weight excluding hydrogens is 448 g/mol. The minimum Gasteiger partial charge on any atom is -0.481 e. The zero-order valence-corrected chi connectivity index (χ0v) is 20.2. The van der Waals surface area contributed by atoms with E-state index in [-0.39, 0.29) is 30.7 Å². The molecule has 0 unspecified atom stereocenters. The number of carbonyl (C=O) groups is 4. The Morgan fingerprint density at radius 3 is 2.06 bits per heavy atom. The van der Waals surface area contributed by atoms with Crippen molar-refractivity contribution in [1.29, 1.82) is 0 Å². The Balaban J connectivity index is 1.62. The van der Waals surface area contributed by atoms with Gasteiger partial charge in [0.05, 0.1) is 19.1 Å². The quantitative estimate of drug-likeness (QED) is 0.196. The summed E-state index contributed by atoms with van der Waals surface area (Å²) in [6, 6.07) is 16.1. The number of hydrogen-bond acceptors (Lipinski definition) is 6. The molecule has 0 aromatic heterocycles. The zero-order chi connectivity index (χ0) is 25.5. The lowest BCUT2D eigenvalue weighted by atomic mass is 9.96. The van der Waals surface area contributed by atoms with Crippen molar-refractivity contribution in [2.45, 2.75) is 64.2 Å². The van der Waals surface area contributed by atoms with E-state index in [2.05, 4.69) is 0 Å². The Morgan fingerprint density at radius 2 is 1.37 bits per heavy atom. The van der Waals surface area contributed by atoms with Crippen molar-refractivity contribution >= 4 is 23.7 Å². The van der Waals surface area contributed by atoms with Gasteiger partial charge in [0.1, 0.15) is 0 Å². The first-order chi connectivity index (χ1) is 16.9. The fourth-order valence-corrected chi connectivity index (χ4v) is 3.50. The SMILES string of the molecule is C[C@H](C(=O)OCCCCCC(=O)OCCCCCC(=O)O)c1cccc(C(=O)c2ccccc2)c1. The number of benzene rings is 2. The van der Waals surface area contributed by atoms with E-state index in [9.17, 15) is 19.2 Å². The summed E-state index contributed by atoms with van der Waals surface area (Å²) in [6.07, 6.45) is 4.44. The Hall–Kier alpha value is -3.48. The van der Waals surface area contributed by atoms with E-state index >= 15 is 0 Å². The van der Waals surface area contributed by atoms with Gasteiger partial charge in [-0.2, -0.15) is 0 Å². The molecule has 2 aromatic rings. The molecule has 1 atom stereocenters. The maximum atomic E-state index is 12.7. The number of hydrogen-bond donors (Lipinski definition) is 1. The van der Waals surface area contributed by atoms with E-state index in [0.29, 0.717) is 49.8 Å². The predicted octanol–water partition coefficient (Wildman–Crippen LogP) is 5.31. The summed E-state index contributed by atoms with van der Waals surface area (Å²) in [5, 5.41) is 8.57. The van der Waals surface area contributed by atoms with Crippen LogP contribution in [-0.2, 0) is 23.9 Å². The van der Waals surface area contributed by atoms with Crippen molar-refractivity contribution in [3.8, 4) is 0 Å². The number of carbonyl (C=O) groups excluding carboxylic acids is 3. The maximum absolute atomic E-state index is 12.7. The number of ether oxygens (including phenoxy) is 2. The summed E-state index contributed by atoms with van der Waals surface area (Å²) in [6.45, 7) is 2.34. The van der Waals surface area contributed by atoms with Crippen LogP contribution in [0.3, 0.4) is 0 Å². The molecular formula is C28H34O7. The molecule has 0 fully saturated rings. The molecule has 2 rings (SSSR count). The summed E-state index contributed by atoms with van der Waals surface area (Å²) < 4.78 is 10.5. The molecule has 0 aliphatic heterocycles. The second kappa shape index (κ2) is 15.4. The molecule has 0 saturated carbocycles. The van der Waals surface area contributed by atoms with Crippen molar-refractivity contribution in [3.63, 3.8) is 0 Å². The summed E-state index contributed by atoms with van der Waals surface area (Å²) in [4.78, 5) is 47.3. The van der Waals surface area contributed by atoms with Gasteiger partial charge in [-0.05, 0) is 57.1 Å². The average molecular weight is 483 g/mol. The molecule has 0 saturated heterocycles. The van der Waals surface area contributed by atoms with E-state index in [1.54, 1.807) is 37.3 Å². The average Bonchev–Trinajstić information content (AvgIpc) is 2.87. The molecule has 0 spiro atoms. The largest absolute Gasteiger partial charge is 0.481 e. The number of ketones is 1. The molecule has 0 bridgehead atoms. The zero-order valence-electron chi connectivity index (χ0n) is 20.2. The molecule has 2 aromatic carbocycles. The van der Waals surface area contributed by atoms with Gasteiger partial charge in [0.25, 0.3) is 0 Å². The van der Waals surface area contributed by atoms with E-state index in [4.69, 9.17) is 14.6 Å². The van der Waals surface area contributed by atoms with Gasteiger partial charge < -0.3 is 14.6 Å². The third-order valence-corrected chi connectivity index (χ3v) is 5.61. The number of rotatable bonds is 16. The number of aliphatic carboxylic acids is 1. The third kappa shape index (κ3) is 10.5. The molecule has 188 valence electrons. The highest BCUT2D eigenvalue weighted by molar-refractivity contribution is 6.09. The second-order valence-corrected chi connectivity index (χ2v) is 8.45. The maximum Gasteiger partial charge on any atom is 0.313 e. The number of unbranched alkanes of at least 4 members (excludes halogenated alkanes) is 4. The van der Waals surface area contributed by atoms with Gasteiger partial charge in [0.15, 0.2) is 5.78 Å². The summed E-state index contributed by atoms with van der Waals surface area (Å²) >= 11 is 0. The van der Waals surface area contributed by atoms with Crippen LogP contribution in [0.5, 0.6) is 0 Å². The second-order valence-electron chi connectivity index (χ2n) is 8.45. The fraction of sp³-hybridized carbons (Fsp3) is 0.429. The number of esters is 2. The van der Waals surface area contributed by atoms with Gasteiger partial charge >= 0.3 is 17.9 Å². The molecule has 7 heteroatoms. The highest BCUT2D eigenvalue weighted by Gasteiger charge is 2.18. The summed E-state index contributed by atoms with van der Waals surface area (Å²) in [5.74, 6) is -2.02. The summed E-state index contributed by atoms with van der Waals surface area (Å²) in [7, 11) is 0. The monoisotopic (exact) mass is 482 g/mol. The van der Waals surface area contributed by atoms with Gasteiger partial charge in [0, 0.05) is 24.0 Å². The fourth-order valence-electron chi connectivity index (χ4n) is 3.50. The van der Waals surface area contributed by atoms with Crippen LogP contribution >= 0.6 is 0 Å². The van der Waals surface area contributed by atoms with Crippen LogP contribution in [0, 0.1) is 0 Å². The molecule has 0 amide bonds. The first-order valence-corrected chi connectivity index (χ1v) is 12.1.